The van der Waals surface area contributed by atoms with E-state index >= 15 is 0 Å². The van der Waals surface area contributed by atoms with Crippen LogP contribution in [0.3, 0.4) is 0 Å². The minimum absolute atomic E-state index is 0.0820. The summed E-state index contributed by atoms with van der Waals surface area (Å²) in [5, 5.41) is 5.24. The van der Waals surface area contributed by atoms with Crippen LogP contribution in [0.4, 0.5) is 4.79 Å². The lowest BCUT2D eigenvalue weighted by Crippen LogP contribution is -2.43. The summed E-state index contributed by atoms with van der Waals surface area (Å²) in [4.78, 5) is 22.3. The zero-order valence-corrected chi connectivity index (χ0v) is 11.0. The van der Waals surface area contributed by atoms with Crippen LogP contribution in [0.25, 0.3) is 0 Å². The van der Waals surface area contributed by atoms with Gasteiger partial charge in [0.15, 0.2) is 0 Å². The maximum atomic E-state index is 11.4. The molecule has 2 N–H and O–H groups in total. The average Bonchev–Trinajstić information content (AvgIpc) is 2.27. The van der Waals surface area contributed by atoms with E-state index in [1.54, 1.807) is 6.92 Å². The zero-order chi connectivity index (χ0) is 13.1. The summed E-state index contributed by atoms with van der Waals surface area (Å²) in [5.41, 5.74) is 0. The van der Waals surface area contributed by atoms with Gasteiger partial charge in [-0.2, -0.15) is 0 Å². The van der Waals surface area contributed by atoms with Gasteiger partial charge in [-0.05, 0) is 20.3 Å². The van der Waals surface area contributed by atoms with Crippen molar-refractivity contribution >= 4 is 12.0 Å². The molecule has 0 aliphatic rings. The first-order valence-electron chi connectivity index (χ1n) is 6.30. The summed E-state index contributed by atoms with van der Waals surface area (Å²) in [6, 6.07) is -0.189. The molecule has 0 aromatic carbocycles. The molecule has 0 radical (unpaired) electrons. The Kier molecular flexibility index (Phi) is 9.19. The van der Waals surface area contributed by atoms with E-state index in [0.717, 1.165) is 12.8 Å². The number of carbonyl (C=O) groups excluding carboxylic acids is 2. The first kappa shape index (κ1) is 15.7. The Morgan fingerprint density at radius 2 is 1.94 bits per heavy atom. The lowest BCUT2D eigenvalue weighted by atomic mass is 10.1. The predicted molar refractivity (Wildman–Crippen MR) is 66.8 cm³/mol. The monoisotopic (exact) mass is 244 g/mol. The molecule has 17 heavy (non-hydrogen) atoms. The van der Waals surface area contributed by atoms with Gasteiger partial charge in [-0.3, -0.25) is 4.79 Å². The predicted octanol–water partition coefficient (Wildman–Crippen LogP) is 1.82. The van der Waals surface area contributed by atoms with Gasteiger partial charge in [0, 0.05) is 6.04 Å². The molecule has 5 heteroatoms. The Labute approximate surface area is 103 Å². The molecule has 5 nitrogen and oxygen atoms in total. The van der Waals surface area contributed by atoms with Crippen LogP contribution in [0.1, 0.15) is 46.5 Å². The summed E-state index contributed by atoms with van der Waals surface area (Å²) in [7, 11) is 0. The Hall–Kier alpha value is -1.26. The third kappa shape index (κ3) is 9.66. The van der Waals surface area contributed by atoms with Gasteiger partial charge in [0.2, 0.25) is 0 Å². The Balaban J connectivity index is 3.60. The Morgan fingerprint density at radius 3 is 2.53 bits per heavy atom. The fourth-order valence-corrected chi connectivity index (χ4v) is 1.41. The van der Waals surface area contributed by atoms with E-state index < -0.39 is 5.97 Å². The Bertz CT molecular complexity index is 232. The lowest BCUT2D eigenvalue weighted by Gasteiger charge is -2.14. The second kappa shape index (κ2) is 9.93. The van der Waals surface area contributed by atoms with Crippen LogP contribution in [0.5, 0.6) is 0 Å². The standard InChI is InChI=1S/C12H24N2O3/c1-4-6-7-8-10(3)14-12(16)13-9-11(15)17-5-2/h10H,4-9H2,1-3H3,(H2,13,14,16). The third-order valence-corrected chi connectivity index (χ3v) is 2.32. The number of urea groups is 1. The normalized spacial score (nSPS) is 11.7. The van der Waals surface area contributed by atoms with Crippen LogP contribution in [0, 0.1) is 0 Å². The average molecular weight is 244 g/mol. The summed E-state index contributed by atoms with van der Waals surface area (Å²) in [5.74, 6) is -0.415. The highest BCUT2D eigenvalue weighted by Gasteiger charge is 2.08. The molecule has 0 aromatic rings. The number of nitrogens with one attached hydrogen (secondary N) is 2. The molecule has 0 fully saturated rings. The molecule has 0 saturated heterocycles. The van der Waals surface area contributed by atoms with Crippen LogP contribution in [0.15, 0.2) is 0 Å². The van der Waals surface area contributed by atoms with E-state index in [9.17, 15) is 9.59 Å². The molecule has 1 unspecified atom stereocenters. The first-order valence-corrected chi connectivity index (χ1v) is 6.30. The molecule has 0 aliphatic heterocycles. The van der Waals surface area contributed by atoms with Crippen molar-refractivity contribution < 1.29 is 14.3 Å². The van der Waals surface area contributed by atoms with E-state index in [4.69, 9.17) is 4.74 Å². The van der Waals surface area contributed by atoms with Gasteiger partial charge in [-0.15, -0.1) is 0 Å². The minimum atomic E-state index is -0.415. The number of amides is 2. The van der Waals surface area contributed by atoms with Crippen LogP contribution < -0.4 is 10.6 Å². The first-order chi connectivity index (χ1) is 8.10. The molecule has 0 heterocycles. The number of rotatable bonds is 8. The fraction of sp³-hybridized carbons (Fsp3) is 0.833. The molecule has 0 rings (SSSR count). The number of ether oxygens (including phenoxy) is 1. The largest absolute Gasteiger partial charge is 0.465 e. The van der Waals surface area contributed by atoms with Crippen LogP contribution in [0.2, 0.25) is 0 Å². The van der Waals surface area contributed by atoms with Gasteiger partial charge in [0.25, 0.3) is 0 Å². The number of unbranched alkanes of at least 4 members (excludes halogenated alkanes) is 2. The fourth-order valence-electron chi connectivity index (χ4n) is 1.41. The molecule has 1 atom stereocenters. The minimum Gasteiger partial charge on any atom is -0.465 e. The van der Waals surface area contributed by atoms with E-state index in [2.05, 4.69) is 17.6 Å². The van der Waals surface area contributed by atoms with Gasteiger partial charge in [-0.1, -0.05) is 26.2 Å². The molecule has 0 bridgehead atoms. The molecule has 0 saturated carbocycles. The lowest BCUT2D eigenvalue weighted by molar-refractivity contribution is -0.141. The second-order valence-electron chi connectivity index (χ2n) is 4.03. The highest BCUT2D eigenvalue weighted by molar-refractivity contribution is 5.80. The van der Waals surface area contributed by atoms with Gasteiger partial charge in [-0.25, -0.2) is 4.79 Å². The molecule has 100 valence electrons. The van der Waals surface area contributed by atoms with Crippen LogP contribution in [-0.2, 0) is 9.53 Å². The van der Waals surface area contributed by atoms with Crippen molar-refractivity contribution in [3.8, 4) is 0 Å². The number of carbonyl (C=O) groups is 2. The van der Waals surface area contributed by atoms with Crippen molar-refractivity contribution in [3.05, 3.63) is 0 Å². The number of esters is 1. The van der Waals surface area contributed by atoms with E-state index in [1.807, 2.05) is 6.92 Å². The number of hydrogen-bond acceptors (Lipinski definition) is 3. The van der Waals surface area contributed by atoms with E-state index in [0.29, 0.717) is 6.61 Å². The van der Waals surface area contributed by atoms with Crippen LogP contribution in [-0.4, -0.2) is 31.2 Å². The van der Waals surface area contributed by atoms with Gasteiger partial charge < -0.3 is 15.4 Å². The molecular formula is C12H24N2O3. The third-order valence-electron chi connectivity index (χ3n) is 2.32. The summed E-state index contributed by atoms with van der Waals surface area (Å²) < 4.78 is 4.70. The SMILES string of the molecule is CCCCCC(C)NC(=O)NCC(=O)OCC. The maximum absolute atomic E-state index is 11.4. The highest BCUT2D eigenvalue weighted by Crippen LogP contribution is 2.02. The summed E-state index contributed by atoms with van der Waals surface area (Å²) in [6.07, 6.45) is 4.41. The smallest absolute Gasteiger partial charge is 0.325 e. The topological polar surface area (TPSA) is 67.4 Å². The van der Waals surface area contributed by atoms with Crippen molar-refractivity contribution in [2.24, 2.45) is 0 Å². The Morgan fingerprint density at radius 1 is 1.24 bits per heavy atom. The van der Waals surface area contributed by atoms with Crippen molar-refractivity contribution in [3.63, 3.8) is 0 Å². The van der Waals surface area contributed by atoms with E-state index in [1.165, 1.54) is 12.8 Å². The maximum Gasteiger partial charge on any atom is 0.325 e. The zero-order valence-electron chi connectivity index (χ0n) is 11.0. The molecule has 2 amide bonds. The summed E-state index contributed by atoms with van der Waals surface area (Å²) >= 11 is 0. The number of hydrogen-bond donors (Lipinski definition) is 2. The molecular weight excluding hydrogens is 220 g/mol. The summed E-state index contributed by atoms with van der Waals surface area (Å²) in [6.45, 7) is 6.08. The van der Waals surface area contributed by atoms with Gasteiger partial charge in [0.05, 0.1) is 6.61 Å². The van der Waals surface area contributed by atoms with Crippen molar-refractivity contribution in [2.45, 2.75) is 52.5 Å². The molecule has 0 aliphatic carbocycles. The van der Waals surface area contributed by atoms with E-state index in [-0.39, 0.29) is 18.6 Å². The van der Waals surface area contributed by atoms with Gasteiger partial charge in [0.1, 0.15) is 6.54 Å². The molecule has 0 spiro atoms. The quantitative estimate of drug-likeness (QED) is 0.505. The van der Waals surface area contributed by atoms with Crippen LogP contribution >= 0.6 is 0 Å². The van der Waals surface area contributed by atoms with Gasteiger partial charge >= 0.3 is 12.0 Å². The highest BCUT2D eigenvalue weighted by atomic mass is 16.5. The van der Waals surface area contributed by atoms with Crippen molar-refractivity contribution in [1.82, 2.24) is 10.6 Å². The van der Waals surface area contributed by atoms with Crippen molar-refractivity contribution in [2.75, 3.05) is 13.2 Å². The molecule has 0 aromatic heterocycles. The van der Waals surface area contributed by atoms with Crippen molar-refractivity contribution in [1.29, 1.82) is 0 Å². The second-order valence-corrected chi connectivity index (χ2v) is 4.03.